The van der Waals surface area contributed by atoms with Crippen molar-refractivity contribution in [2.24, 2.45) is 0 Å². The van der Waals surface area contributed by atoms with Gasteiger partial charge >= 0.3 is 0 Å². The summed E-state index contributed by atoms with van der Waals surface area (Å²) in [7, 11) is 0. The number of benzene rings is 1. The Balaban J connectivity index is 2.24. The third-order valence-electron chi connectivity index (χ3n) is 3.06. The Morgan fingerprint density at radius 2 is 1.95 bits per heavy atom. The largest absolute Gasteiger partial charge is 0.475 e. The van der Waals surface area contributed by atoms with Crippen LogP contribution in [0.4, 0.5) is 0 Å². The number of hydrogen-bond donors (Lipinski definition) is 1. The van der Waals surface area contributed by atoms with E-state index in [4.69, 9.17) is 9.84 Å². The highest BCUT2D eigenvalue weighted by Crippen LogP contribution is 2.15. The van der Waals surface area contributed by atoms with Crippen molar-refractivity contribution in [3.05, 3.63) is 65.7 Å². The SMILES string of the molecule is CCc1ccc(C=COCO)n1Cc1ccccc1. The molecule has 2 aromatic rings. The van der Waals surface area contributed by atoms with Crippen molar-refractivity contribution in [1.29, 1.82) is 0 Å². The van der Waals surface area contributed by atoms with Gasteiger partial charge in [0, 0.05) is 17.9 Å². The summed E-state index contributed by atoms with van der Waals surface area (Å²) >= 11 is 0. The molecule has 1 N–H and O–H groups in total. The molecule has 0 amide bonds. The van der Waals surface area contributed by atoms with E-state index in [1.54, 1.807) is 0 Å². The van der Waals surface area contributed by atoms with Crippen LogP contribution >= 0.6 is 0 Å². The molecule has 0 aliphatic carbocycles. The molecule has 0 fully saturated rings. The van der Waals surface area contributed by atoms with E-state index in [1.807, 2.05) is 12.1 Å². The van der Waals surface area contributed by atoms with Crippen LogP contribution in [0.5, 0.6) is 0 Å². The number of rotatable bonds is 6. The predicted octanol–water partition coefficient (Wildman–Crippen LogP) is 3.04. The van der Waals surface area contributed by atoms with Crippen LogP contribution in [0.15, 0.2) is 48.7 Å². The molecule has 100 valence electrons. The molecule has 19 heavy (non-hydrogen) atoms. The quantitative estimate of drug-likeness (QED) is 0.637. The van der Waals surface area contributed by atoms with Crippen molar-refractivity contribution in [1.82, 2.24) is 4.57 Å². The van der Waals surface area contributed by atoms with Crippen LogP contribution < -0.4 is 0 Å². The zero-order chi connectivity index (χ0) is 13.5. The fourth-order valence-electron chi connectivity index (χ4n) is 2.10. The van der Waals surface area contributed by atoms with Crippen LogP contribution in [0, 0.1) is 0 Å². The van der Waals surface area contributed by atoms with E-state index in [1.165, 1.54) is 17.5 Å². The molecule has 0 aliphatic heterocycles. The molecule has 0 bridgehead atoms. The third kappa shape index (κ3) is 3.48. The van der Waals surface area contributed by atoms with E-state index in [0.29, 0.717) is 0 Å². The van der Waals surface area contributed by atoms with Crippen LogP contribution in [0.25, 0.3) is 6.08 Å². The van der Waals surface area contributed by atoms with Gasteiger partial charge < -0.3 is 14.4 Å². The molecule has 1 aromatic heterocycles. The molecule has 0 saturated carbocycles. The first-order valence-corrected chi connectivity index (χ1v) is 6.46. The van der Waals surface area contributed by atoms with Crippen LogP contribution in [0.3, 0.4) is 0 Å². The number of aliphatic hydroxyl groups is 1. The van der Waals surface area contributed by atoms with Gasteiger partial charge in [0.1, 0.15) is 0 Å². The van der Waals surface area contributed by atoms with Gasteiger partial charge in [0.25, 0.3) is 0 Å². The Hall–Kier alpha value is -2.00. The second-order valence-corrected chi connectivity index (χ2v) is 4.27. The second kappa shape index (κ2) is 6.81. The summed E-state index contributed by atoms with van der Waals surface area (Å²) in [6.07, 6.45) is 4.39. The summed E-state index contributed by atoms with van der Waals surface area (Å²) in [4.78, 5) is 0. The summed E-state index contributed by atoms with van der Waals surface area (Å²) in [5.41, 5.74) is 3.63. The summed E-state index contributed by atoms with van der Waals surface area (Å²) in [5, 5.41) is 8.62. The lowest BCUT2D eigenvalue weighted by molar-refractivity contribution is 0.0613. The zero-order valence-corrected chi connectivity index (χ0v) is 11.1. The van der Waals surface area contributed by atoms with Gasteiger partial charge in [0.2, 0.25) is 0 Å². The van der Waals surface area contributed by atoms with Crippen molar-refractivity contribution in [3.63, 3.8) is 0 Å². The van der Waals surface area contributed by atoms with Gasteiger partial charge in [-0.1, -0.05) is 37.3 Å². The highest BCUT2D eigenvalue weighted by atomic mass is 16.6. The highest BCUT2D eigenvalue weighted by Gasteiger charge is 2.05. The summed E-state index contributed by atoms with van der Waals surface area (Å²) in [5.74, 6) is 0. The standard InChI is InChI=1S/C16H19NO2/c1-2-15-8-9-16(10-11-19-13-18)17(15)12-14-6-4-3-5-7-14/h3-11,18H,2,12-13H2,1H3. The van der Waals surface area contributed by atoms with Crippen molar-refractivity contribution in [2.45, 2.75) is 19.9 Å². The van der Waals surface area contributed by atoms with E-state index in [0.717, 1.165) is 18.7 Å². The maximum absolute atomic E-state index is 8.62. The number of nitrogens with zero attached hydrogens (tertiary/aromatic N) is 1. The lowest BCUT2D eigenvalue weighted by Crippen LogP contribution is -2.05. The first-order valence-electron chi connectivity index (χ1n) is 6.46. The Kier molecular flexibility index (Phi) is 4.81. The van der Waals surface area contributed by atoms with Crippen molar-refractivity contribution in [3.8, 4) is 0 Å². The molecule has 0 spiro atoms. The Bertz CT molecular complexity index is 529. The van der Waals surface area contributed by atoms with Crippen LogP contribution in [-0.4, -0.2) is 16.5 Å². The molecule has 2 rings (SSSR count). The average Bonchev–Trinajstić information content (AvgIpc) is 2.83. The van der Waals surface area contributed by atoms with E-state index in [2.05, 4.69) is 47.9 Å². The molecule has 0 atom stereocenters. The maximum Gasteiger partial charge on any atom is 0.185 e. The second-order valence-electron chi connectivity index (χ2n) is 4.27. The normalized spacial score (nSPS) is 11.1. The molecule has 1 aromatic carbocycles. The third-order valence-corrected chi connectivity index (χ3v) is 3.06. The van der Waals surface area contributed by atoms with Gasteiger partial charge in [-0.15, -0.1) is 0 Å². The van der Waals surface area contributed by atoms with Gasteiger partial charge in [0.15, 0.2) is 6.79 Å². The minimum absolute atomic E-state index is 0.295. The number of aliphatic hydroxyl groups excluding tert-OH is 1. The lowest BCUT2D eigenvalue weighted by Gasteiger charge is -2.11. The molecule has 0 saturated heterocycles. The molecule has 0 aliphatic rings. The number of aromatic nitrogens is 1. The smallest absolute Gasteiger partial charge is 0.185 e. The summed E-state index contributed by atoms with van der Waals surface area (Å²) in [6, 6.07) is 14.6. The molecular formula is C16H19NO2. The fourth-order valence-corrected chi connectivity index (χ4v) is 2.10. The van der Waals surface area contributed by atoms with Crippen LogP contribution in [0.1, 0.15) is 23.9 Å². The minimum Gasteiger partial charge on any atom is -0.475 e. The van der Waals surface area contributed by atoms with Crippen molar-refractivity contribution in [2.75, 3.05) is 6.79 Å². The van der Waals surface area contributed by atoms with E-state index >= 15 is 0 Å². The number of ether oxygens (including phenoxy) is 1. The van der Waals surface area contributed by atoms with Gasteiger partial charge in [-0.2, -0.15) is 0 Å². The van der Waals surface area contributed by atoms with Crippen LogP contribution in [0.2, 0.25) is 0 Å². The van der Waals surface area contributed by atoms with E-state index < -0.39 is 0 Å². The number of aryl methyl sites for hydroxylation is 1. The van der Waals surface area contributed by atoms with Crippen LogP contribution in [-0.2, 0) is 17.7 Å². The Morgan fingerprint density at radius 3 is 2.63 bits per heavy atom. The van der Waals surface area contributed by atoms with Crippen molar-refractivity contribution < 1.29 is 9.84 Å². The van der Waals surface area contributed by atoms with Crippen molar-refractivity contribution >= 4 is 6.08 Å². The highest BCUT2D eigenvalue weighted by molar-refractivity contribution is 5.46. The maximum atomic E-state index is 8.62. The Morgan fingerprint density at radius 1 is 1.16 bits per heavy atom. The average molecular weight is 257 g/mol. The van der Waals surface area contributed by atoms with Gasteiger partial charge in [-0.05, 0) is 30.2 Å². The molecule has 1 heterocycles. The molecule has 3 heteroatoms. The van der Waals surface area contributed by atoms with Gasteiger partial charge in [-0.25, -0.2) is 0 Å². The molecule has 3 nitrogen and oxygen atoms in total. The molecular weight excluding hydrogens is 238 g/mol. The summed E-state index contributed by atoms with van der Waals surface area (Å²) in [6.45, 7) is 2.70. The predicted molar refractivity (Wildman–Crippen MR) is 76.6 cm³/mol. The summed E-state index contributed by atoms with van der Waals surface area (Å²) < 4.78 is 7.10. The minimum atomic E-state index is -0.295. The Labute approximate surface area is 113 Å². The first kappa shape index (κ1) is 13.4. The van der Waals surface area contributed by atoms with E-state index in [9.17, 15) is 0 Å². The van der Waals surface area contributed by atoms with Gasteiger partial charge in [0.05, 0.1) is 6.26 Å². The van der Waals surface area contributed by atoms with Gasteiger partial charge in [-0.3, -0.25) is 0 Å². The molecule has 0 unspecified atom stereocenters. The molecule has 0 radical (unpaired) electrons. The lowest BCUT2D eigenvalue weighted by atomic mass is 10.2. The van der Waals surface area contributed by atoms with E-state index in [-0.39, 0.29) is 6.79 Å². The first-order chi connectivity index (χ1) is 9.35. The number of hydrogen-bond acceptors (Lipinski definition) is 2. The monoisotopic (exact) mass is 257 g/mol. The topological polar surface area (TPSA) is 34.4 Å². The zero-order valence-electron chi connectivity index (χ0n) is 11.1. The fraction of sp³-hybridized carbons (Fsp3) is 0.250.